The van der Waals surface area contributed by atoms with E-state index in [2.05, 4.69) is 11.4 Å². The van der Waals surface area contributed by atoms with Crippen LogP contribution in [0.1, 0.15) is 18.1 Å². The van der Waals surface area contributed by atoms with Gasteiger partial charge in [-0.25, -0.2) is 0 Å². The van der Waals surface area contributed by atoms with E-state index < -0.39 is 5.60 Å². The number of hydrogen-bond donors (Lipinski definition) is 2. The van der Waals surface area contributed by atoms with Crippen LogP contribution in [0.4, 0.5) is 5.69 Å². The molecule has 1 unspecified atom stereocenters. The van der Waals surface area contributed by atoms with Crippen molar-refractivity contribution in [2.45, 2.75) is 19.4 Å². The van der Waals surface area contributed by atoms with E-state index >= 15 is 0 Å². The van der Waals surface area contributed by atoms with Crippen molar-refractivity contribution in [2.24, 2.45) is 0 Å². The highest BCUT2D eigenvalue weighted by Gasteiger charge is 2.20. The van der Waals surface area contributed by atoms with Crippen molar-refractivity contribution in [3.8, 4) is 6.07 Å². The molecule has 0 aromatic heterocycles. The van der Waals surface area contributed by atoms with Crippen LogP contribution in [0.3, 0.4) is 0 Å². The molecule has 0 aliphatic rings. The first-order valence-electron chi connectivity index (χ1n) is 5.45. The SMILES string of the molecule is CSCC(C)(O)CNc1c(C)cccc1C#N. The zero-order valence-electron chi connectivity index (χ0n) is 10.4. The predicted molar refractivity (Wildman–Crippen MR) is 73.4 cm³/mol. The zero-order chi connectivity index (χ0) is 12.9. The number of benzene rings is 1. The quantitative estimate of drug-likeness (QED) is 0.842. The Bertz CT molecular complexity index is 424. The monoisotopic (exact) mass is 250 g/mol. The smallest absolute Gasteiger partial charge is 0.101 e. The van der Waals surface area contributed by atoms with Crippen molar-refractivity contribution in [1.29, 1.82) is 5.26 Å². The first kappa shape index (κ1) is 13.9. The predicted octanol–water partition coefficient (Wildman–Crippen LogP) is 2.39. The molecule has 0 amide bonds. The van der Waals surface area contributed by atoms with Crippen LogP contribution in [0.25, 0.3) is 0 Å². The number of aliphatic hydroxyl groups is 1. The maximum atomic E-state index is 10.1. The van der Waals surface area contributed by atoms with E-state index in [1.54, 1.807) is 24.8 Å². The van der Waals surface area contributed by atoms with Gasteiger partial charge in [-0.2, -0.15) is 17.0 Å². The summed E-state index contributed by atoms with van der Waals surface area (Å²) in [5, 5.41) is 22.3. The van der Waals surface area contributed by atoms with Crippen molar-refractivity contribution in [1.82, 2.24) is 0 Å². The summed E-state index contributed by atoms with van der Waals surface area (Å²) >= 11 is 1.60. The van der Waals surface area contributed by atoms with Crippen LogP contribution in [-0.4, -0.2) is 29.3 Å². The maximum absolute atomic E-state index is 10.1. The zero-order valence-corrected chi connectivity index (χ0v) is 11.3. The standard InChI is InChI=1S/C13H18N2OS/c1-10-5-4-6-11(7-14)12(10)15-8-13(2,16)9-17-3/h4-6,15-16H,8-9H2,1-3H3. The second kappa shape index (κ2) is 5.95. The molecule has 4 heteroatoms. The molecule has 17 heavy (non-hydrogen) atoms. The van der Waals surface area contributed by atoms with Crippen LogP contribution in [0.15, 0.2) is 18.2 Å². The number of anilines is 1. The lowest BCUT2D eigenvalue weighted by Crippen LogP contribution is -2.36. The van der Waals surface area contributed by atoms with E-state index in [0.29, 0.717) is 17.9 Å². The Morgan fingerprint density at radius 1 is 1.53 bits per heavy atom. The summed E-state index contributed by atoms with van der Waals surface area (Å²) in [6, 6.07) is 7.74. The van der Waals surface area contributed by atoms with E-state index in [0.717, 1.165) is 11.3 Å². The summed E-state index contributed by atoms with van der Waals surface area (Å²) in [4.78, 5) is 0. The van der Waals surface area contributed by atoms with Crippen LogP contribution in [0.5, 0.6) is 0 Å². The molecule has 0 aliphatic heterocycles. The largest absolute Gasteiger partial charge is 0.387 e. The molecule has 0 saturated carbocycles. The molecule has 0 spiro atoms. The van der Waals surface area contributed by atoms with Gasteiger partial charge >= 0.3 is 0 Å². The maximum Gasteiger partial charge on any atom is 0.101 e. The van der Waals surface area contributed by atoms with E-state index in [4.69, 9.17) is 5.26 Å². The van der Waals surface area contributed by atoms with Crippen LogP contribution in [0, 0.1) is 18.3 Å². The molecular formula is C13H18N2OS. The van der Waals surface area contributed by atoms with Crippen molar-refractivity contribution >= 4 is 17.4 Å². The number of para-hydroxylation sites is 1. The summed E-state index contributed by atoms with van der Waals surface area (Å²) in [5.74, 6) is 0.660. The van der Waals surface area contributed by atoms with Gasteiger partial charge in [-0.1, -0.05) is 12.1 Å². The van der Waals surface area contributed by atoms with E-state index in [1.165, 1.54) is 0 Å². The fourth-order valence-corrected chi connectivity index (χ4v) is 2.36. The fraction of sp³-hybridized carbons (Fsp3) is 0.462. The minimum Gasteiger partial charge on any atom is -0.387 e. The van der Waals surface area contributed by atoms with Gasteiger partial charge < -0.3 is 10.4 Å². The Morgan fingerprint density at radius 2 is 2.24 bits per heavy atom. The number of rotatable bonds is 5. The molecule has 1 aromatic rings. The third-order valence-electron chi connectivity index (χ3n) is 2.49. The van der Waals surface area contributed by atoms with Gasteiger partial charge in [0, 0.05) is 12.3 Å². The molecule has 3 nitrogen and oxygen atoms in total. The number of nitriles is 1. The number of aryl methyl sites for hydroxylation is 1. The topological polar surface area (TPSA) is 56.0 Å². The molecular weight excluding hydrogens is 232 g/mol. The van der Waals surface area contributed by atoms with Crippen LogP contribution in [-0.2, 0) is 0 Å². The summed E-state index contributed by atoms with van der Waals surface area (Å²) in [6.45, 7) is 4.18. The molecule has 1 rings (SSSR count). The molecule has 0 saturated heterocycles. The lowest BCUT2D eigenvalue weighted by atomic mass is 10.1. The molecule has 0 heterocycles. The molecule has 0 fully saturated rings. The van der Waals surface area contributed by atoms with E-state index in [1.807, 2.05) is 25.3 Å². The average molecular weight is 250 g/mol. The summed E-state index contributed by atoms with van der Waals surface area (Å²) < 4.78 is 0. The van der Waals surface area contributed by atoms with Gasteiger partial charge in [-0.3, -0.25) is 0 Å². The average Bonchev–Trinajstić information content (AvgIpc) is 2.27. The lowest BCUT2D eigenvalue weighted by molar-refractivity contribution is 0.0997. The van der Waals surface area contributed by atoms with E-state index in [-0.39, 0.29) is 0 Å². The highest BCUT2D eigenvalue weighted by Crippen LogP contribution is 2.21. The molecule has 0 aliphatic carbocycles. The van der Waals surface area contributed by atoms with Gasteiger partial charge in [0.05, 0.1) is 16.9 Å². The molecule has 2 N–H and O–H groups in total. The van der Waals surface area contributed by atoms with Gasteiger partial charge in [0.15, 0.2) is 0 Å². The molecule has 1 atom stereocenters. The lowest BCUT2D eigenvalue weighted by Gasteiger charge is -2.24. The molecule has 92 valence electrons. The Balaban J connectivity index is 2.79. The number of nitrogens with one attached hydrogen (secondary N) is 1. The Hall–Kier alpha value is -1.18. The summed E-state index contributed by atoms with van der Waals surface area (Å²) in [5.41, 5.74) is 1.68. The van der Waals surface area contributed by atoms with Gasteiger partial charge in [0.1, 0.15) is 6.07 Å². The van der Waals surface area contributed by atoms with Crippen molar-refractivity contribution in [2.75, 3.05) is 23.9 Å². The molecule has 0 radical (unpaired) electrons. The minimum absolute atomic E-state index is 0.438. The van der Waals surface area contributed by atoms with Gasteiger partial charge in [-0.15, -0.1) is 0 Å². The normalized spacial score (nSPS) is 13.8. The van der Waals surface area contributed by atoms with E-state index in [9.17, 15) is 5.11 Å². The van der Waals surface area contributed by atoms with Crippen LogP contribution in [0.2, 0.25) is 0 Å². The van der Waals surface area contributed by atoms with Crippen molar-refractivity contribution in [3.05, 3.63) is 29.3 Å². The Morgan fingerprint density at radius 3 is 2.82 bits per heavy atom. The Labute approximate surface area is 107 Å². The summed E-state index contributed by atoms with van der Waals surface area (Å²) in [7, 11) is 0. The number of nitrogens with zero attached hydrogens (tertiary/aromatic N) is 1. The third kappa shape index (κ3) is 3.95. The number of hydrogen-bond acceptors (Lipinski definition) is 4. The second-order valence-electron chi connectivity index (χ2n) is 4.39. The molecule has 1 aromatic carbocycles. The highest BCUT2D eigenvalue weighted by molar-refractivity contribution is 7.98. The third-order valence-corrected chi connectivity index (χ3v) is 3.41. The Kier molecular flexibility index (Phi) is 4.86. The first-order valence-corrected chi connectivity index (χ1v) is 6.84. The van der Waals surface area contributed by atoms with Crippen LogP contribution < -0.4 is 5.32 Å². The van der Waals surface area contributed by atoms with Crippen molar-refractivity contribution < 1.29 is 5.11 Å². The minimum atomic E-state index is -0.769. The van der Waals surface area contributed by atoms with Crippen LogP contribution >= 0.6 is 11.8 Å². The molecule has 0 bridgehead atoms. The number of thioether (sulfide) groups is 1. The first-order chi connectivity index (χ1) is 8.00. The fourth-order valence-electron chi connectivity index (χ4n) is 1.64. The van der Waals surface area contributed by atoms with Gasteiger partial charge in [0.2, 0.25) is 0 Å². The van der Waals surface area contributed by atoms with Gasteiger partial charge in [0.25, 0.3) is 0 Å². The van der Waals surface area contributed by atoms with Crippen molar-refractivity contribution in [3.63, 3.8) is 0 Å². The second-order valence-corrected chi connectivity index (χ2v) is 5.26. The summed E-state index contributed by atoms with van der Waals surface area (Å²) in [6.07, 6.45) is 1.96. The van der Waals surface area contributed by atoms with Gasteiger partial charge in [-0.05, 0) is 31.7 Å². The highest BCUT2D eigenvalue weighted by atomic mass is 32.2.